The molecule has 0 bridgehead atoms. The lowest BCUT2D eigenvalue weighted by Crippen LogP contribution is -2.43. The third kappa shape index (κ3) is 6.40. The second-order valence-corrected chi connectivity index (χ2v) is 12.3. The Balaban J connectivity index is 1.22. The van der Waals surface area contributed by atoms with Gasteiger partial charge in [-0.25, -0.2) is 4.79 Å². The number of hydrogen-bond donors (Lipinski definition) is 2. The van der Waals surface area contributed by atoms with Gasteiger partial charge in [0.05, 0.1) is 0 Å². The Labute approximate surface area is 238 Å². The van der Waals surface area contributed by atoms with E-state index < -0.39 is 12.0 Å². The van der Waals surface area contributed by atoms with Gasteiger partial charge < -0.3 is 14.8 Å². The van der Waals surface area contributed by atoms with Crippen molar-refractivity contribution in [3.05, 3.63) is 96.6 Å². The normalized spacial score (nSPS) is 12.5. The quantitative estimate of drug-likeness (QED) is 0.193. The molecule has 0 radical (unpaired) electrons. The molecule has 0 aliphatic rings. The summed E-state index contributed by atoms with van der Waals surface area (Å²) in [6, 6.07) is 30.3. The van der Waals surface area contributed by atoms with Crippen molar-refractivity contribution < 1.29 is 19.1 Å². The van der Waals surface area contributed by atoms with E-state index in [0.29, 0.717) is 17.9 Å². The van der Waals surface area contributed by atoms with Crippen LogP contribution >= 0.6 is 11.8 Å². The van der Waals surface area contributed by atoms with Gasteiger partial charge >= 0.3 is 5.97 Å². The van der Waals surface area contributed by atoms with Crippen molar-refractivity contribution in [1.82, 2.24) is 5.32 Å². The molecular formula is C34H33NO4S. The summed E-state index contributed by atoms with van der Waals surface area (Å²) in [5.74, 6) is -0.262. The molecule has 1 heterocycles. The molecule has 0 aliphatic carbocycles. The van der Waals surface area contributed by atoms with Crippen LogP contribution in [0.15, 0.2) is 95.4 Å². The molecule has 5 rings (SSSR count). The molecule has 1 amide bonds. The molecule has 0 saturated heterocycles. The molecule has 0 saturated carbocycles. The van der Waals surface area contributed by atoms with E-state index in [9.17, 15) is 14.7 Å². The zero-order chi connectivity index (χ0) is 28.3. The fourth-order valence-electron chi connectivity index (χ4n) is 4.81. The van der Waals surface area contributed by atoms with E-state index in [1.165, 1.54) is 11.8 Å². The van der Waals surface area contributed by atoms with Gasteiger partial charge in [-0.3, -0.25) is 4.79 Å². The first-order valence-electron chi connectivity index (χ1n) is 13.4. The number of carbonyl (C=O) groups is 2. The second kappa shape index (κ2) is 11.6. The number of benzene rings is 4. The Hall–Kier alpha value is -4.03. The van der Waals surface area contributed by atoms with Crippen LogP contribution in [-0.2, 0) is 15.3 Å². The molecule has 1 unspecified atom stereocenters. The van der Waals surface area contributed by atoms with E-state index in [-0.39, 0.29) is 11.3 Å². The van der Waals surface area contributed by atoms with Crippen molar-refractivity contribution in [3.63, 3.8) is 0 Å². The maximum Gasteiger partial charge on any atom is 0.327 e. The molecule has 1 aromatic heterocycles. The van der Waals surface area contributed by atoms with Crippen LogP contribution in [-0.4, -0.2) is 28.8 Å². The van der Waals surface area contributed by atoms with Crippen molar-refractivity contribution in [2.75, 3.05) is 5.75 Å². The summed E-state index contributed by atoms with van der Waals surface area (Å²) in [5, 5.41) is 14.4. The predicted molar refractivity (Wildman–Crippen MR) is 164 cm³/mol. The largest absolute Gasteiger partial charge is 0.480 e. The molecule has 6 heteroatoms. The Morgan fingerprint density at radius 2 is 1.45 bits per heavy atom. The van der Waals surface area contributed by atoms with Crippen LogP contribution in [0.1, 0.15) is 32.8 Å². The lowest BCUT2D eigenvalue weighted by Gasteiger charge is -2.20. The molecule has 4 aromatic carbocycles. The highest BCUT2D eigenvalue weighted by Crippen LogP contribution is 2.36. The van der Waals surface area contributed by atoms with Crippen molar-refractivity contribution in [2.24, 2.45) is 5.41 Å². The number of fused-ring (bicyclic) bond motifs is 3. The Morgan fingerprint density at radius 3 is 2.12 bits per heavy atom. The van der Waals surface area contributed by atoms with E-state index in [1.54, 1.807) is 0 Å². The second-order valence-electron chi connectivity index (χ2n) is 11.3. The maximum absolute atomic E-state index is 12.2. The van der Waals surface area contributed by atoms with Crippen molar-refractivity contribution in [2.45, 2.75) is 39.0 Å². The van der Waals surface area contributed by atoms with Gasteiger partial charge in [-0.05, 0) is 33.7 Å². The Kier molecular flexibility index (Phi) is 7.99. The minimum atomic E-state index is -1.01. The smallest absolute Gasteiger partial charge is 0.327 e. The average Bonchev–Trinajstić information content (AvgIpc) is 3.31. The number of nitrogens with one attached hydrogen (secondary N) is 1. The Morgan fingerprint density at radius 1 is 0.825 bits per heavy atom. The summed E-state index contributed by atoms with van der Waals surface area (Å²) in [6.07, 6.45) is 0.291. The summed E-state index contributed by atoms with van der Waals surface area (Å²) in [7, 11) is 0. The minimum Gasteiger partial charge on any atom is -0.480 e. The van der Waals surface area contributed by atoms with Crippen LogP contribution in [0.5, 0.6) is 0 Å². The van der Waals surface area contributed by atoms with E-state index in [1.807, 2.05) is 39.0 Å². The standard InChI is InChI=1S/C34H33NO4S/c1-34(2,3)19-31(36)35-29(33(37)38)21-40-20-22-11-13-23(14-12-22)24-15-17-25(18-16-24)26-8-6-9-28-27-7-4-5-10-30(27)39-32(26)28/h4-18,29H,19-21H2,1-3H3,(H,35,36)(H,37,38). The monoisotopic (exact) mass is 551 g/mol. The van der Waals surface area contributed by atoms with Gasteiger partial charge in [0.2, 0.25) is 5.91 Å². The number of aliphatic carboxylic acids is 1. The number of carboxylic acids is 1. The fourth-order valence-corrected chi connectivity index (χ4v) is 5.81. The maximum atomic E-state index is 12.2. The number of para-hydroxylation sites is 2. The average molecular weight is 552 g/mol. The summed E-state index contributed by atoms with van der Waals surface area (Å²) in [6.45, 7) is 5.87. The van der Waals surface area contributed by atoms with Gasteiger partial charge in [0.25, 0.3) is 0 Å². The highest BCUT2D eigenvalue weighted by Gasteiger charge is 2.23. The Bertz CT molecular complexity index is 1650. The van der Waals surface area contributed by atoms with Crippen molar-refractivity contribution in [1.29, 1.82) is 0 Å². The van der Waals surface area contributed by atoms with Crippen LogP contribution in [0, 0.1) is 5.41 Å². The zero-order valence-corrected chi connectivity index (χ0v) is 23.8. The zero-order valence-electron chi connectivity index (χ0n) is 22.9. The highest BCUT2D eigenvalue weighted by molar-refractivity contribution is 7.98. The number of carbonyl (C=O) groups excluding carboxylic acids is 1. The van der Waals surface area contributed by atoms with Gasteiger partial charge in [0.15, 0.2) is 0 Å². The number of carboxylic acid groups (broad SMARTS) is 1. The summed E-state index contributed by atoms with van der Waals surface area (Å²) in [5.41, 5.74) is 7.11. The first kappa shape index (κ1) is 27.5. The molecule has 5 nitrogen and oxygen atoms in total. The van der Waals surface area contributed by atoms with E-state index in [4.69, 9.17) is 4.42 Å². The molecule has 1 atom stereocenters. The van der Waals surface area contributed by atoms with Gasteiger partial charge in [-0.1, -0.05) is 106 Å². The molecule has 0 fully saturated rings. The molecule has 40 heavy (non-hydrogen) atoms. The van der Waals surface area contributed by atoms with Crippen molar-refractivity contribution >= 4 is 45.6 Å². The number of furan rings is 1. The first-order valence-corrected chi connectivity index (χ1v) is 14.5. The van der Waals surface area contributed by atoms with E-state index >= 15 is 0 Å². The summed E-state index contributed by atoms with van der Waals surface area (Å²) >= 11 is 1.50. The molecule has 5 aromatic rings. The lowest BCUT2D eigenvalue weighted by atomic mass is 9.92. The SMILES string of the molecule is CC(C)(C)CC(=O)NC(CSCc1ccc(-c2ccc(-c3cccc4c3oc3ccccc34)cc2)cc1)C(=O)O. The molecule has 204 valence electrons. The first-order chi connectivity index (χ1) is 19.2. The van der Waals surface area contributed by atoms with Crippen LogP contribution < -0.4 is 5.32 Å². The molecule has 0 spiro atoms. The minimum absolute atomic E-state index is 0.190. The third-order valence-corrected chi connectivity index (χ3v) is 7.87. The van der Waals surface area contributed by atoms with E-state index in [0.717, 1.165) is 49.8 Å². The van der Waals surface area contributed by atoms with Gasteiger partial charge in [0, 0.05) is 34.3 Å². The fraction of sp³-hybridized carbons (Fsp3) is 0.235. The molecular weight excluding hydrogens is 518 g/mol. The molecule has 2 N–H and O–H groups in total. The summed E-state index contributed by atoms with van der Waals surface area (Å²) in [4.78, 5) is 23.8. The van der Waals surface area contributed by atoms with Gasteiger partial charge in [0.1, 0.15) is 17.2 Å². The number of amides is 1. The number of rotatable bonds is 9. The predicted octanol–water partition coefficient (Wildman–Crippen LogP) is 8.16. The van der Waals surface area contributed by atoms with Crippen LogP contribution in [0.3, 0.4) is 0 Å². The lowest BCUT2D eigenvalue weighted by molar-refractivity contribution is -0.141. The van der Waals surface area contributed by atoms with Crippen LogP contribution in [0.2, 0.25) is 0 Å². The van der Waals surface area contributed by atoms with Crippen molar-refractivity contribution in [3.8, 4) is 22.3 Å². The highest BCUT2D eigenvalue weighted by atomic mass is 32.2. The molecule has 0 aliphatic heterocycles. The topological polar surface area (TPSA) is 79.5 Å². The number of thioether (sulfide) groups is 1. The van der Waals surface area contributed by atoms with Gasteiger partial charge in [-0.15, -0.1) is 0 Å². The number of hydrogen-bond acceptors (Lipinski definition) is 4. The third-order valence-electron chi connectivity index (χ3n) is 6.76. The summed E-state index contributed by atoms with van der Waals surface area (Å²) < 4.78 is 6.21. The van der Waals surface area contributed by atoms with Gasteiger partial charge in [-0.2, -0.15) is 11.8 Å². The van der Waals surface area contributed by atoms with E-state index in [2.05, 4.69) is 78.1 Å². The van der Waals surface area contributed by atoms with Crippen LogP contribution in [0.4, 0.5) is 0 Å². The van der Waals surface area contributed by atoms with Crippen LogP contribution in [0.25, 0.3) is 44.2 Å².